The zero-order chi connectivity index (χ0) is 10.1. The van der Waals surface area contributed by atoms with Crippen LogP contribution in [0.5, 0.6) is 0 Å². The Balaban J connectivity index is 2.26. The van der Waals surface area contributed by atoms with Gasteiger partial charge in [0.25, 0.3) is 5.91 Å². The molecule has 0 N–H and O–H groups in total. The predicted molar refractivity (Wildman–Crippen MR) is 51.7 cm³/mol. The largest absolute Gasteiger partial charge is 0.339 e. The summed E-state index contributed by atoms with van der Waals surface area (Å²) in [6.07, 6.45) is 1.08. The van der Waals surface area contributed by atoms with Crippen molar-refractivity contribution in [3.63, 3.8) is 0 Å². The molecule has 0 bridgehead atoms. The van der Waals surface area contributed by atoms with E-state index in [1.54, 1.807) is 17.9 Å². The minimum Gasteiger partial charge on any atom is -0.339 e. The van der Waals surface area contributed by atoms with Crippen LogP contribution >= 0.6 is 0 Å². The number of carbonyl (C=O) groups excluding carboxylic acids is 1. The van der Waals surface area contributed by atoms with Crippen molar-refractivity contribution < 1.29 is 9.18 Å². The van der Waals surface area contributed by atoms with Gasteiger partial charge in [-0.1, -0.05) is 0 Å². The first kappa shape index (κ1) is 9.19. The number of hydrogen-bond acceptors (Lipinski definition) is 1. The van der Waals surface area contributed by atoms with Crippen molar-refractivity contribution in [3.05, 3.63) is 35.1 Å². The number of halogens is 1. The number of amides is 1. The lowest BCUT2D eigenvalue weighted by Gasteiger charge is -2.31. The van der Waals surface area contributed by atoms with Crippen LogP contribution in [0.2, 0.25) is 0 Å². The van der Waals surface area contributed by atoms with E-state index >= 15 is 0 Å². The van der Waals surface area contributed by atoms with Crippen molar-refractivity contribution in [3.8, 4) is 0 Å². The average molecular weight is 193 g/mol. The number of hydrogen-bond donors (Lipinski definition) is 0. The van der Waals surface area contributed by atoms with E-state index in [0.717, 1.165) is 19.5 Å². The molecule has 1 heterocycles. The molecule has 1 aliphatic rings. The van der Waals surface area contributed by atoms with Gasteiger partial charge in [-0.3, -0.25) is 4.79 Å². The van der Waals surface area contributed by atoms with Crippen molar-refractivity contribution in [2.45, 2.75) is 13.3 Å². The average Bonchev–Trinajstić information content (AvgIpc) is 2.00. The fourth-order valence-electron chi connectivity index (χ4n) is 1.56. The molecule has 1 fully saturated rings. The lowest BCUT2D eigenvalue weighted by atomic mass is 10.1. The van der Waals surface area contributed by atoms with Crippen molar-refractivity contribution in [2.24, 2.45) is 0 Å². The van der Waals surface area contributed by atoms with Gasteiger partial charge in [0.2, 0.25) is 0 Å². The van der Waals surface area contributed by atoms with Gasteiger partial charge in [0.05, 0.1) is 0 Å². The third-order valence-corrected chi connectivity index (χ3v) is 2.56. The minimum atomic E-state index is -0.289. The van der Waals surface area contributed by atoms with E-state index in [0.29, 0.717) is 11.1 Å². The highest BCUT2D eigenvalue weighted by atomic mass is 19.1. The first-order valence-corrected chi connectivity index (χ1v) is 4.74. The third-order valence-electron chi connectivity index (χ3n) is 2.56. The second kappa shape index (κ2) is 3.40. The second-order valence-electron chi connectivity index (χ2n) is 3.60. The van der Waals surface area contributed by atoms with E-state index in [9.17, 15) is 9.18 Å². The molecule has 0 unspecified atom stereocenters. The summed E-state index contributed by atoms with van der Waals surface area (Å²) in [6, 6.07) is 4.29. The van der Waals surface area contributed by atoms with E-state index in [2.05, 4.69) is 0 Å². The molecule has 0 aromatic heterocycles. The van der Waals surface area contributed by atoms with Gasteiger partial charge < -0.3 is 4.90 Å². The highest BCUT2D eigenvalue weighted by Gasteiger charge is 2.22. The molecule has 1 saturated heterocycles. The summed E-state index contributed by atoms with van der Waals surface area (Å²) >= 11 is 0. The highest BCUT2D eigenvalue weighted by molar-refractivity contribution is 5.96. The van der Waals surface area contributed by atoms with Crippen LogP contribution in [0.4, 0.5) is 4.39 Å². The molecule has 1 aromatic rings. The summed E-state index contributed by atoms with van der Waals surface area (Å²) in [7, 11) is 0. The van der Waals surface area contributed by atoms with Crippen LogP contribution in [0.15, 0.2) is 18.2 Å². The van der Waals surface area contributed by atoms with E-state index in [-0.39, 0.29) is 11.7 Å². The second-order valence-corrected chi connectivity index (χ2v) is 3.60. The summed E-state index contributed by atoms with van der Waals surface area (Å²) in [6.45, 7) is 3.42. The number of nitrogens with zero attached hydrogens (tertiary/aromatic N) is 1. The maximum atomic E-state index is 12.8. The van der Waals surface area contributed by atoms with E-state index in [1.165, 1.54) is 12.1 Å². The number of aryl methyl sites for hydroxylation is 1. The summed E-state index contributed by atoms with van der Waals surface area (Å²) < 4.78 is 12.8. The van der Waals surface area contributed by atoms with E-state index < -0.39 is 0 Å². The van der Waals surface area contributed by atoms with Crippen molar-refractivity contribution in [2.75, 3.05) is 13.1 Å². The summed E-state index contributed by atoms with van der Waals surface area (Å²) in [5.41, 5.74) is 1.33. The molecule has 1 aliphatic heterocycles. The first-order valence-electron chi connectivity index (χ1n) is 4.74. The van der Waals surface area contributed by atoms with Gasteiger partial charge in [0, 0.05) is 18.7 Å². The Labute approximate surface area is 82.3 Å². The number of carbonyl (C=O) groups is 1. The van der Waals surface area contributed by atoms with Gasteiger partial charge in [-0.25, -0.2) is 4.39 Å². The van der Waals surface area contributed by atoms with Gasteiger partial charge in [0.1, 0.15) is 5.82 Å². The number of benzene rings is 1. The van der Waals surface area contributed by atoms with Crippen molar-refractivity contribution >= 4 is 5.91 Å². The number of likely N-dealkylation sites (tertiary alicyclic amines) is 1. The normalized spacial score (nSPS) is 15.1. The molecule has 0 spiro atoms. The quantitative estimate of drug-likeness (QED) is 0.667. The smallest absolute Gasteiger partial charge is 0.254 e. The van der Waals surface area contributed by atoms with Gasteiger partial charge in [-0.05, 0) is 37.1 Å². The summed E-state index contributed by atoms with van der Waals surface area (Å²) in [5, 5.41) is 0. The Morgan fingerprint density at radius 2 is 2.14 bits per heavy atom. The van der Waals surface area contributed by atoms with Crippen LogP contribution < -0.4 is 0 Å². The van der Waals surface area contributed by atoms with E-state index in [4.69, 9.17) is 0 Å². The Hall–Kier alpha value is -1.38. The van der Waals surface area contributed by atoms with Crippen molar-refractivity contribution in [1.82, 2.24) is 4.90 Å². The van der Waals surface area contributed by atoms with Crippen LogP contribution in [0.3, 0.4) is 0 Å². The maximum Gasteiger partial charge on any atom is 0.254 e. The Kier molecular flexibility index (Phi) is 2.23. The molecule has 1 aromatic carbocycles. The zero-order valence-corrected chi connectivity index (χ0v) is 8.09. The molecule has 0 aliphatic carbocycles. The van der Waals surface area contributed by atoms with Gasteiger partial charge in [-0.15, -0.1) is 0 Å². The lowest BCUT2D eigenvalue weighted by molar-refractivity contribution is 0.0651. The van der Waals surface area contributed by atoms with Crippen LogP contribution in [-0.2, 0) is 0 Å². The van der Waals surface area contributed by atoms with Crippen LogP contribution in [0, 0.1) is 12.7 Å². The standard InChI is InChI=1S/C11H12FNO/c1-8-7-9(12)3-4-10(8)11(14)13-5-2-6-13/h3-4,7H,2,5-6H2,1H3. The molecule has 1 amide bonds. The molecular formula is C11H12FNO. The predicted octanol–water partition coefficient (Wildman–Crippen LogP) is 1.98. The van der Waals surface area contributed by atoms with Crippen LogP contribution in [0.1, 0.15) is 22.3 Å². The lowest BCUT2D eigenvalue weighted by Crippen LogP contribution is -2.42. The molecule has 3 heteroatoms. The number of rotatable bonds is 1. The molecule has 0 saturated carbocycles. The van der Waals surface area contributed by atoms with Crippen LogP contribution in [-0.4, -0.2) is 23.9 Å². The highest BCUT2D eigenvalue weighted by Crippen LogP contribution is 2.16. The van der Waals surface area contributed by atoms with Crippen molar-refractivity contribution in [1.29, 1.82) is 0 Å². The van der Waals surface area contributed by atoms with Gasteiger partial charge in [0.15, 0.2) is 0 Å². The maximum absolute atomic E-state index is 12.8. The minimum absolute atomic E-state index is 0.0220. The molecular weight excluding hydrogens is 181 g/mol. The fraction of sp³-hybridized carbons (Fsp3) is 0.364. The monoisotopic (exact) mass is 193 g/mol. The molecule has 74 valence electrons. The molecule has 0 radical (unpaired) electrons. The third kappa shape index (κ3) is 1.50. The molecule has 0 atom stereocenters. The zero-order valence-electron chi connectivity index (χ0n) is 8.09. The summed E-state index contributed by atoms with van der Waals surface area (Å²) in [4.78, 5) is 13.5. The van der Waals surface area contributed by atoms with Gasteiger partial charge in [-0.2, -0.15) is 0 Å². The van der Waals surface area contributed by atoms with Crippen LogP contribution in [0.25, 0.3) is 0 Å². The first-order chi connectivity index (χ1) is 6.68. The summed E-state index contributed by atoms with van der Waals surface area (Å²) in [5.74, 6) is -0.267. The Morgan fingerprint density at radius 1 is 1.43 bits per heavy atom. The molecule has 2 rings (SSSR count). The van der Waals surface area contributed by atoms with E-state index in [1.807, 2.05) is 0 Å². The Bertz CT molecular complexity index is 372. The Morgan fingerprint density at radius 3 is 2.64 bits per heavy atom. The molecule has 2 nitrogen and oxygen atoms in total. The SMILES string of the molecule is Cc1cc(F)ccc1C(=O)N1CCC1. The fourth-order valence-corrected chi connectivity index (χ4v) is 1.56. The molecule has 14 heavy (non-hydrogen) atoms. The topological polar surface area (TPSA) is 20.3 Å². The van der Waals surface area contributed by atoms with Gasteiger partial charge >= 0.3 is 0 Å².